The van der Waals surface area contributed by atoms with Crippen molar-refractivity contribution >= 4 is 11.6 Å². The van der Waals surface area contributed by atoms with E-state index in [1.54, 1.807) is 0 Å². The van der Waals surface area contributed by atoms with E-state index in [0.717, 1.165) is 24.9 Å². The number of aryl methyl sites for hydroxylation is 1. The Morgan fingerprint density at radius 2 is 1.86 bits per heavy atom. The Hall–Kier alpha value is -1.35. The molecule has 0 aromatic heterocycles. The number of unbranched alkanes of at least 4 members (excludes halogenated alkanes) is 1. The molecule has 3 nitrogen and oxygen atoms in total. The summed E-state index contributed by atoms with van der Waals surface area (Å²) < 4.78 is 0. The van der Waals surface area contributed by atoms with Crippen LogP contribution in [0.2, 0.25) is 0 Å². The standard InChI is InChI=1S/C18H30N2O/c1-4-5-6-15-7-9-16(10-8-15)20-17(21)11-12-18(2,3)13-14-19/h7-10H,4-6,11-14,19H2,1-3H3,(H,20,21). The first-order valence-electron chi connectivity index (χ1n) is 8.06. The topological polar surface area (TPSA) is 55.1 Å². The largest absolute Gasteiger partial charge is 0.330 e. The molecular formula is C18H30N2O. The van der Waals surface area contributed by atoms with Gasteiger partial charge in [0, 0.05) is 12.1 Å². The van der Waals surface area contributed by atoms with Crippen molar-refractivity contribution in [2.75, 3.05) is 11.9 Å². The van der Waals surface area contributed by atoms with Crippen LogP contribution in [0.1, 0.15) is 58.4 Å². The molecule has 0 saturated carbocycles. The van der Waals surface area contributed by atoms with Crippen LogP contribution in [-0.2, 0) is 11.2 Å². The number of amides is 1. The molecule has 1 aromatic rings. The van der Waals surface area contributed by atoms with Gasteiger partial charge in [-0.15, -0.1) is 0 Å². The van der Waals surface area contributed by atoms with Gasteiger partial charge in [0.2, 0.25) is 5.91 Å². The summed E-state index contributed by atoms with van der Waals surface area (Å²) in [5.41, 5.74) is 7.95. The molecule has 0 spiro atoms. The van der Waals surface area contributed by atoms with Crippen LogP contribution in [0.25, 0.3) is 0 Å². The molecule has 1 aromatic carbocycles. The van der Waals surface area contributed by atoms with Crippen molar-refractivity contribution in [3.05, 3.63) is 29.8 Å². The van der Waals surface area contributed by atoms with Crippen LogP contribution < -0.4 is 11.1 Å². The summed E-state index contributed by atoms with van der Waals surface area (Å²) in [6.07, 6.45) is 5.89. The normalized spacial score (nSPS) is 11.4. The van der Waals surface area contributed by atoms with Gasteiger partial charge in [0.05, 0.1) is 0 Å². The first-order chi connectivity index (χ1) is 9.96. The molecule has 0 fully saturated rings. The predicted molar refractivity (Wildman–Crippen MR) is 90.4 cm³/mol. The molecule has 1 amide bonds. The summed E-state index contributed by atoms with van der Waals surface area (Å²) in [6, 6.07) is 8.19. The van der Waals surface area contributed by atoms with Crippen LogP contribution in [0, 0.1) is 5.41 Å². The smallest absolute Gasteiger partial charge is 0.224 e. The molecule has 0 aliphatic rings. The highest BCUT2D eigenvalue weighted by Crippen LogP contribution is 2.26. The second-order valence-corrected chi connectivity index (χ2v) is 6.55. The molecule has 0 atom stereocenters. The molecular weight excluding hydrogens is 260 g/mol. The third kappa shape index (κ3) is 7.28. The monoisotopic (exact) mass is 290 g/mol. The maximum Gasteiger partial charge on any atom is 0.224 e. The fourth-order valence-corrected chi connectivity index (χ4v) is 2.33. The van der Waals surface area contributed by atoms with Gasteiger partial charge < -0.3 is 11.1 Å². The first-order valence-corrected chi connectivity index (χ1v) is 8.06. The quantitative estimate of drug-likeness (QED) is 0.718. The van der Waals surface area contributed by atoms with Crippen LogP contribution in [0.5, 0.6) is 0 Å². The van der Waals surface area contributed by atoms with Crippen molar-refractivity contribution in [2.45, 2.75) is 59.3 Å². The lowest BCUT2D eigenvalue weighted by Crippen LogP contribution is -2.20. The van der Waals surface area contributed by atoms with Crippen LogP contribution in [-0.4, -0.2) is 12.5 Å². The molecule has 3 heteroatoms. The van der Waals surface area contributed by atoms with Crippen molar-refractivity contribution in [1.82, 2.24) is 0 Å². The summed E-state index contributed by atoms with van der Waals surface area (Å²) in [6.45, 7) is 7.19. The minimum Gasteiger partial charge on any atom is -0.330 e. The van der Waals surface area contributed by atoms with Gasteiger partial charge in [0.1, 0.15) is 0 Å². The Kier molecular flexibility index (Phi) is 7.44. The molecule has 0 aliphatic heterocycles. The zero-order valence-corrected chi connectivity index (χ0v) is 13.7. The molecule has 118 valence electrons. The SMILES string of the molecule is CCCCc1ccc(NC(=O)CCC(C)(C)CCN)cc1. The molecule has 0 saturated heterocycles. The van der Waals surface area contributed by atoms with Crippen LogP contribution in [0.3, 0.4) is 0 Å². The second kappa shape index (κ2) is 8.83. The predicted octanol–water partition coefficient (Wildman–Crippen LogP) is 4.12. The zero-order chi connectivity index (χ0) is 15.7. The fourth-order valence-electron chi connectivity index (χ4n) is 2.33. The van der Waals surface area contributed by atoms with Crippen LogP contribution in [0.15, 0.2) is 24.3 Å². The molecule has 0 radical (unpaired) electrons. The Labute approximate surface area is 129 Å². The number of carbonyl (C=O) groups is 1. The van der Waals surface area contributed by atoms with E-state index in [9.17, 15) is 4.79 Å². The molecule has 0 aliphatic carbocycles. The maximum atomic E-state index is 12.0. The highest BCUT2D eigenvalue weighted by atomic mass is 16.1. The van der Waals surface area contributed by atoms with E-state index in [2.05, 4.69) is 38.2 Å². The zero-order valence-electron chi connectivity index (χ0n) is 13.7. The van der Waals surface area contributed by atoms with Gasteiger partial charge in [0.15, 0.2) is 0 Å². The van der Waals surface area contributed by atoms with E-state index in [1.807, 2.05) is 12.1 Å². The summed E-state index contributed by atoms with van der Waals surface area (Å²) in [4.78, 5) is 12.0. The lowest BCUT2D eigenvalue weighted by molar-refractivity contribution is -0.116. The molecule has 1 rings (SSSR count). The van der Waals surface area contributed by atoms with Gasteiger partial charge in [-0.25, -0.2) is 0 Å². The summed E-state index contributed by atoms with van der Waals surface area (Å²) in [5.74, 6) is 0.0846. The second-order valence-electron chi connectivity index (χ2n) is 6.55. The van der Waals surface area contributed by atoms with Crippen molar-refractivity contribution < 1.29 is 4.79 Å². The van der Waals surface area contributed by atoms with E-state index in [0.29, 0.717) is 13.0 Å². The van der Waals surface area contributed by atoms with Crippen LogP contribution >= 0.6 is 0 Å². The number of carbonyl (C=O) groups excluding carboxylic acids is 1. The number of anilines is 1. The highest BCUT2D eigenvalue weighted by molar-refractivity contribution is 5.90. The molecule has 0 heterocycles. The summed E-state index contributed by atoms with van der Waals surface area (Å²) >= 11 is 0. The number of benzene rings is 1. The van der Waals surface area contributed by atoms with Gasteiger partial charge in [-0.3, -0.25) is 4.79 Å². The molecule has 0 unspecified atom stereocenters. The van der Waals surface area contributed by atoms with Crippen molar-refractivity contribution in [2.24, 2.45) is 11.1 Å². The minimum atomic E-state index is 0.0846. The van der Waals surface area contributed by atoms with Gasteiger partial charge in [-0.2, -0.15) is 0 Å². The Morgan fingerprint density at radius 3 is 2.43 bits per heavy atom. The van der Waals surface area contributed by atoms with E-state index in [4.69, 9.17) is 5.73 Å². The van der Waals surface area contributed by atoms with E-state index < -0.39 is 0 Å². The molecule has 3 N–H and O–H groups in total. The third-order valence-electron chi connectivity index (χ3n) is 3.91. The molecule has 21 heavy (non-hydrogen) atoms. The van der Waals surface area contributed by atoms with Gasteiger partial charge in [0.25, 0.3) is 0 Å². The average molecular weight is 290 g/mol. The minimum absolute atomic E-state index is 0.0846. The van der Waals surface area contributed by atoms with E-state index in [1.165, 1.54) is 18.4 Å². The lowest BCUT2D eigenvalue weighted by Gasteiger charge is -2.23. The fraction of sp³-hybridized carbons (Fsp3) is 0.611. The lowest BCUT2D eigenvalue weighted by atomic mass is 9.84. The number of hydrogen-bond donors (Lipinski definition) is 2. The highest BCUT2D eigenvalue weighted by Gasteiger charge is 2.18. The number of rotatable bonds is 9. The van der Waals surface area contributed by atoms with Gasteiger partial charge >= 0.3 is 0 Å². The van der Waals surface area contributed by atoms with Crippen molar-refractivity contribution in [1.29, 1.82) is 0 Å². The summed E-state index contributed by atoms with van der Waals surface area (Å²) in [7, 11) is 0. The number of nitrogens with one attached hydrogen (secondary N) is 1. The Bertz CT molecular complexity index is 423. The van der Waals surface area contributed by atoms with Crippen molar-refractivity contribution in [3.63, 3.8) is 0 Å². The Balaban J connectivity index is 2.40. The number of nitrogens with two attached hydrogens (primary N) is 1. The first kappa shape index (κ1) is 17.7. The molecule has 0 bridgehead atoms. The number of hydrogen-bond acceptors (Lipinski definition) is 2. The van der Waals surface area contributed by atoms with Crippen LogP contribution in [0.4, 0.5) is 5.69 Å². The van der Waals surface area contributed by atoms with Gasteiger partial charge in [-0.1, -0.05) is 39.3 Å². The maximum absolute atomic E-state index is 12.0. The average Bonchev–Trinajstić information content (AvgIpc) is 2.44. The third-order valence-corrected chi connectivity index (χ3v) is 3.91. The Morgan fingerprint density at radius 1 is 1.19 bits per heavy atom. The van der Waals surface area contributed by atoms with Crippen molar-refractivity contribution in [3.8, 4) is 0 Å². The summed E-state index contributed by atoms with van der Waals surface area (Å²) in [5, 5.41) is 2.97. The van der Waals surface area contributed by atoms with Gasteiger partial charge in [-0.05, 0) is 55.3 Å². The van der Waals surface area contributed by atoms with E-state index in [-0.39, 0.29) is 11.3 Å². The van der Waals surface area contributed by atoms with E-state index >= 15 is 0 Å².